The van der Waals surface area contributed by atoms with Gasteiger partial charge in [-0.3, -0.25) is 4.79 Å². The average Bonchev–Trinajstić information content (AvgIpc) is 3.34. The second-order valence-electron chi connectivity index (χ2n) is 7.40. The molecule has 5 aromatic rings. The Kier molecular flexibility index (Phi) is 5.55. The molecule has 162 valence electrons. The van der Waals surface area contributed by atoms with E-state index in [9.17, 15) is 4.79 Å². The number of nitrogens with zero attached hydrogens (tertiary/aromatic N) is 1. The largest absolute Gasteiger partial charge is 0.497 e. The lowest BCUT2D eigenvalue weighted by molar-refractivity contribution is 0.102. The van der Waals surface area contributed by atoms with Crippen LogP contribution in [0.4, 0.5) is 5.69 Å². The van der Waals surface area contributed by atoms with Gasteiger partial charge in [-0.2, -0.15) is 0 Å². The summed E-state index contributed by atoms with van der Waals surface area (Å²) in [5.74, 6) is 1.67. The first-order chi connectivity index (χ1) is 16.1. The van der Waals surface area contributed by atoms with Gasteiger partial charge in [0.15, 0.2) is 5.76 Å². The Labute approximate surface area is 195 Å². The number of furan rings is 1. The highest BCUT2D eigenvalue weighted by molar-refractivity contribution is 6.33. The monoisotopic (exact) mass is 454 g/mol. The average molecular weight is 455 g/mol. The van der Waals surface area contributed by atoms with Gasteiger partial charge < -0.3 is 14.5 Å². The number of aromatic nitrogens is 1. The van der Waals surface area contributed by atoms with Gasteiger partial charge in [0.2, 0.25) is 0 Å². The van der Waals surface area contributed by atoms with Gasteiger partial charge in [-0.25, -0.2) is 4.98 Å². The Hall–Kier alpha value is -4.09. The summed E-state index contributed by atoms with van der Waals surface area (Å²) in [6, 6.07) is 27.6. The van der Waals surface area contributed by atoms with Crippen molar-refractivity contribution in [3.05, 3.63) is 102 Å². The van der Waals surface area contributed by atoms with Crippen LogP contribution < -0.4 is 10.1 Å². The fraction of sp³-hybridized carbons (Fsp3) is 0.0370. The molecule has 2 aromatic heterocycles. The molecule has 0 spiro atoms. The normalized spacial score (nSPS) is 10.8. The molecule has 5 rings (SSSR count). The van der Waals surface area contributed by atoms with E-state index in [1.807, 2.05) is 60.7 Å². The molecule has 2 heterocycles. The number of rotatable bonds is 5. The lowest BCUT2D eigenvalue weighted by Crippen LogP contribution is -2.13. The molecule has 0 saturated heterocycles. The number of carbonyl (C=O) groups is 1. The first kappa shape index (κ1) is 20.8. The fourth-order valence-corrected chi connectivity index (χ4v) is 3.87. The van der Waals surface area contributed by atoms with Crippen molar-refractivity contribution in [2.45, 2.75) is 0 Å². The number of nitrogens with one attached hydrogen (secondary N) is 1. The second-order valence-corrected chi connectivity index (χ2v) is 7.81. The Morgan fingerprint density at radius 2 is 1.64 bits per heavy atom. The van der Waals surface area contributed by atoms with Crippen LogP contribution >= 0.6 is 11.6 Å². The van der Waals surface area contributed by atoms with Crippen molar-refractivity contribution in [2.24, 2.45) is 0 Å². The molecule has 1 amide bonds. The third kappa shape index (κ3) is 4.19. The number of anilines is 1. The lowest BCUT2D eigenvalue weighted by atomic mass is 10.1. The summed E-state index contributed by atoms with van der Waals surface area (Å²) in [6.45, 7) is 0. The number of ether oxygens (including phenoxy) is 1. The van der Waals surface area contributed by atoms with Crippen molar-refractivity contribution in [2.75, 3.05) is 12.4 Å². The SMILES string of the molecule is COc1ccc(NC(=O)c2cc(-c3ccc(-c4ccccc4Cl)o3)nc3ccccc23)cc1. The van der Waals surface area contributed by atoms with Gasteiger partial charge in [-0.05, 0) is 60.7 Å². The molecule has 0 unspecified atom stereocenters. The summed E-state index contributed by atoms with van der Waals surface area (Å²) < 4.78 is 11.3. The van der Waals surface area contributed by atoms with Crippen molar-refractivity contribution in [3.8, 4) is 28.5 Å². The van der Waals surface area contributed by atoms with Crippen LogP contribution in [0.25, 0.3) is 33.7 Å². The van der Waals surface area contributed by atoms with Crippen LogP contribution in [0, 0.1) is 0 Å². The Bertz CT molecular complexity index is 1460. The summed E-state index contributed by atoms with van der Waals surface area (Å²) in [4.78, 5) is 17.9. The number of pyridine rings is 1. The highest BCUT2D eigenvalue weighted by atomic mass is 35.5. The number of halogens is 1. The van der Waals surface area contributed by atoms with Gasteiger partial charge in [-0.1, -0.05) is 41.9 Å². The van der Waals surface area contributed by atoms with Crippen LogP contribution in [-0.2, 0) is 0 Å². The summed E-state index contributed by atoms with van der Waals surface area (Å²) >= 11 is 6.32. The van der Waals surface area contributed by atoms with E-state index >= 15 is 0 Å². The standard InChI is InChI=1S/C27H19ClN2O3/c1-32-18-12-10-17(11-13-18)29-27(31)21-16-24(30-23-9-5-3-6-19(21)23)26-15-14-25(33-26)20-7-2-4-8-22(20)28/h2-16H,1H3,(H,29,31). The molecule has 0 radical (unpaired) electrons. The molecule has 0 saturated carbocycles. The number of para-hydroxylation sites is 1. The maximum Gasteiger partial charge on any atom is 0.256 e. The third-order valence-electron chi connectivity index (χ3n) is 5.31. The first-order valence-electron chi connectivity index (χ1n) is 10.3. The van der Waals surface area contributed by atoms with E-state index in [1.54, 1.807) is 37.4 Å². The van der Waals surface area contributed by atoms with Crippen molar-refractivity contribution < 1.29 is 13.9 Å². The zero-order valence-electron chi connectivity index (χ0n) is 17.7. The molecule has 3 aromatic carbocycles. The van der Waals surface area contributed by atoms with Crippen LogP contribution in [0.1, 0.15) is 10.4 Å². The Morgan fingerprint density at radius 3 is 2.42 bits per heavy atom. The highest BCUT2D eigenvalue weighted by Crippen LogP contribution is 2.33. The third-order valence-corrected chi connectivity index (χ3v) is 5.64. The lowest BCUT2D eigenvalue weighted by Gasteiger charge is -2.10. The van der Waals surface area contributed by atoms with Gasteiger partial charge in [0.25, 0.3) is 5.91 Å². The van der Waals surface area contributed by atoms with E-state index in [1.165, 1.54) is 0 Å². The van der Waals surface area contributed by atoms with Gasteiger partial charge in [0, 0.05) is 16.6 Å². The van der Waals surface area contributed by atoms with Crippen LogP contribution in [0.2, 0.25) is 5.02 Å². The molecule has 0 atom stereocenters. The zero-order valence-corrected chi connectivity index (χ0v) is 18.5. The van der Waals surface area contributed by atoms with Crippen LogP contribution in [0.3, 0.4) is 0 Å². The molecule has 0 aliphatic carbocycles. The van der Waals surface area contributed by atoms with Gasteiger partial charge in [0.1, 0.15) is 17.2 Å². The van der Waals surface area contributed by atoms with Crippen LogP contribution in [-0.4, -0.2) is 18.0 Å². The molecule has 0 aliphatic heterocycles. The molecule has 0 aliphatic rings. The van der Waals surface area contributed by atoms with E-state index in [4.69, 9.17) is 25.7 Å². The first-order valence-corrected chi connectivity index (χ1v) is 10.7. The molecular formula is C27H19ClN2O3. The molecule has 33 heavy (non-hydrogen) atoms. The van der Waals surface area contributed by atoms with E-state index in [0.717, 1.165) is 16.7 Å². The maximum absolute atomic E-state index is 13.2. The van der Waals surface area contributed by atoms with Crippen molar-refractivity contribution in [1.29, 1.82) is 0 Å². The minimum absolute atomic E-state index is 0.238. The topological polar surface area (TPSA) is 64.4 Å². The zero-order chi connectivity index (χ0) is 22.8. The molecular weight excluding hydrogens is 436 g/mol. The predicted molar refractivity (Wildman–Crippen MR) is 131 cm³/mol. The molecule has 0 bridgehead atoms. The Morgan fingerprint density at radius 1 is 0.909 bits per heavy atom. The van der Waals surface area contributed by atoms with Crippen molar-refractivity contribution in [1.82, 2.24) is 4.98 Å². The number of amides is 1. The van der Waals surface area contributed by atoms with Gasteiger partial charge >= 0.3 is 0 Å². The Balaban J connectivity index is 1.54. The minimum atomic E-state index is -0.238. The van der Waals surface area contributed by atoms with E-state index in [-0.39, 0.29) is 5.91 Å². The number of carbonyl (C=O) groups excluding carboxylic acids is 1. The van der Waals surface area contributed by atoms with E-state index in [2.05, 4.69) is 5.32 Å². The predicted octanol–water partition coefficient (Wildman–Crippen LogP) is 7.08. The van der Waals surface area contributed by atoms with Gasteiger partial charge in [-0.15, -0.1) is 0 Å². The van der Waals surface area contributed by atoms with E-state index in [0.29, 0.717) is 39.0 Å². The summed E-state index contributed by atoms with van der Waals surface area (Å²) in [5.41, 5.74) is 3.23. The smallest absolute Gasteiger partial charge is 0.256 e. The number of fused-ring (bicyclic) bond motifs is 1. The minimum Gasteiger partial charge on any atom is -0.497 e. The molecule has 1 N–H and O–H groups in total. The van der Waals surface area contributed by atoms with Crippen LogP contribution in [0.15, 0.2) is 95.4 Å². The van der Waals surface area contributed by atoms with Crippen LogP contribution in [0.5, 0.6) is 5.75 Å². The highest BCUT2D eigenvalue weighted by Gasteiger charge is 2.17. The van der Waals surface area contributed by atoms with Crippen molar-refractivity contribution >= 4 is 34.1 Å². The second kappa shape index (κ2) is 8.81. The number of hydrogen-bond acceptors (Lipinski definition) is 4. The fourth-order valence-electron chi connectivity index (χ4n) is 3.64. The quantitative estimate of drug-likeness (QED) is 0.308. The summed E-state index contributed by atoms with van der Waals surface area (Å²) in [6.07, 6.45) is 0. The molecule has 6 heteroatoms. The van der Waals surface area contributed by atoms with E-state index < -0.39 is 0 Å². The number of benzene rings is 3. The summed E-state index contributed by atoms with van der Waals surface area (Å²) in [5, 5.41) is 4.30. The summed E-state index contributed by atoms with van der Waals surface area (Å²) in [7, 11) is 1.60. The molecule has 5 nitrogen and oxygen atoms in total. The van der Waals surface area contributed by atoms with Gasteiger partial charge in [0.05, 0.1) is 23.2 Å². The maximum atomic E-state index is 13.2. The van der Waals surface area contributed by atoms with Crippen molar-refractivity contribution in [3.63, 3.8) is 0 Å². The molecule has 0 fully saturated rings. The number of hydrogen-bond donors (Lipinski definition) is 1. The number of methoxy groups -OCH3 is 1.